The van der Waals surface area contributed by atoms with Gasteiger partial charge in [0, 0.05) is 35.6 Å². The molecule has 104 valence electrons. The van der Waals surface area contributed by atoms with Gasteiger partial charge in [-0.1, -0.05) is 11.6 Å². The van der Waals surface area contributed by atoms with Crippen molar-refractivity contribution in [2.24, 2.45) is 0 Å². The molecule has 1 saturated heterocycles. The first-order valence-corrected chi connectivity index (χ1v) is 7.22. The molecule has 0 radical (unpaired) electrons. The number of halogens is 1. The Morgan fingerprint density at radius 2 is 1.80 bits per heavy atom. The fourth-order valence-electron chi connectivity index (χ4n) is 2.38. The largest absolute Gasteiger partial charge is 0.356 e. The van der Waals surface area contributed by atoms with Gasteiger partial charge in [-0.2, -0.15) is 4.98 Å². The summed E-state index contributed by atoms with van der Waals surface area (Å²) < 4.78 is 0. The highest BCUT2D eigenvalue weighted by Crippen LogP contribution is 2.22. The average Bonchev–Trinajstić information content (AvgIpc) is 2.95. The van der Waals surface area contributed by atoms with E-state index in [2.05, 4.69) is 20.2 Å². The third-order valence-electron chi connectivity index (χ3n) is 3.37. The van der Waals surface area contributed by atoms with Crippen LogP contribution in [0.3, 0.4) is 0 Å². The third-order valence-corrected chi connectivity index (χ3v) is 3.62. The molecule has 0 spiro atoms. The van der Waals surface area contributed by atoms with Crippen molar-refractivity contribution in [1.82, 2.24) is 9.97 Å². The number of hydrogen-bond donors (Lipinski definition) is 1. The van der Waals surface area contributed by atoms with Gasteiger partial charge in [0.1, 0.15) is 5.82 Å². The number of anilines is 3. The molecule has 1 aliphatic rings. The monoisotopic (exact) mass is 288 g/mol. The lowest BCUT2D eigenvalue weighted by Crippen LogP contribution is -2.19. The summed E-state index contributed by atoms with van der Waals surface area (Å²) in [5, 5.41) is 3.95. The van der Waals surface area contributed by atoms with Crippen LogP contribution in [0.1, 0.15) is 18.5 Å². The number of benzene rings is 1. The van der Waals surface area contributed by atoms with Crippen LogP contribution in [-0.4, -0.2) is 23.1 Å². The van der Waals surface area contributed by atoms with Crippen LogP contribution in [0.5, 0.6) is 0 Å². The van der Waals surface area contributed by atoms with E-state index < -0.39 is 0 Å². The molecule has 3 rings (SSSR count). The van der Waals surface area contributed by atoms with Crippen LogP contribution in [0.4, 0.5) is 17.5 Å². The number of nitrogens with zero attached hydrogens (tertiary/aromatic N) is 3. The van der Waals surface area contributed by atoms with Crippen molar-refractivity contribution in [2.75, 3.05) is 23.3 Å². The second-order valence-corrected chi connectivity index (χ2v) is 5.45. The van der Waals surface area contributed by atoms with Gasteiger partial charge in [0.2, 0.25) is 5.95 Å². The van der Waals surface area contributed by atoms with Crippen LogP contribution in [0.25, 0.3) is 0 Å². The normalized spacial score (nSPS) is 14.6. The van der Waals surface area contributed by atoms with E-state index in [0.717, 1.165) is 35.3 Å². The molecule has 0 bridgehead atoms. The first kappa shape index (κ1) is 13.2. The minimum atomic E-state index is 0.634. The number of aryl methyl sites for hydroxylation is 1. The fraction of sp³-hybridized carbons (Fsp3) is 0.333. The van der Waals surface area contributed by atoms with Gasteiger partial charge in [0.15, 0.2) is 0 Å². The van der Waals surface area contributed by atoms with Crippen LogP contribution in [-0.2, 0) is 0 Å². The number of nitrogens with one attached hydrogen (secondary N) is 1. The zero-order valence-electron chi connectivity index (χ0n) is 11.4. The summed E-state index contributed by atoms with van der Waals surface area (Å²) in [6.45, 7) is 4.15. The highest BCUT2D eigenvalue weighted by atomic mass is 35.5. The number of rotatable bonds is 3. The summed E-state index contributed by atoms with van der Waals surface area (Å²) in [5.74, 6) is 1.64. The average molecular weight is 289 g/mol. The second-order valence-electron chi connectivity index (χ2n) is 5.02. The maximum atomic E-state index is 5.89. The topological polar surface area (TPSA) is 41.1 Å². The Morgan fingerprint density at radius 1 is 1.10 bits per heavy atom. The predicted molar refractivity (Wildman–Crippen MR) is 83.0 cm³/mol. The van der Waals surface area contributed by atoms with Crippen LogP contribution in [0.15, 0.2) is 30.3 Å². The SMILES string of the molecule is Cc1cc(N2CCCC2)nc(Nc2ccc(Cl)cc2)n1. The van der Waals surface area contributed by atoms with Crippen LogP contribution >= 0.6 is 11.6 Å². The van der Waals surface area contributed by atoms with E-state index in [-0.39, 0.29) is 0 Å². The molecule has 4 nitrogen and oxygen atoms in total. The zero-order valence-corrected chi connectivity index (χ0v) is 12.2. The predicted octanol–water partition coefficient (Wildman–Crippen LogP) is 3.78. The van der Waals surface area contributed by atoms with Gasteiger partial charge in [0.25, 0.3) is 0 Å². The molecule has 0 saturated carbocycles. The highest BCUT2D eigenvalue weighted by Gasteiger charge is 2.15. The summed E-state index contributed by atoms with van der Waals surface area (Å²) in [6, 6.07) is 9.58. The molecule has 0 atom stereocenters. The van der Waals surface area contributed by atoms with E-state index in [1.54, 1.807) is 0 Å². The molecule has 0 unspecified atom stereocenters. The van der Waals surface area contributed by atoms with E-state index in [1.165, 1.54) is 12.8 Å². The molecule has 0 aliphatic carbocycles. The van der Waals surface area contributed by atoms with Crippen molar-refractivity contribution in [3.8, 4) is 0 Å². The lowest BCUT2D eigenvalue weighted by atomic mass is 10.3. The molecule has 1 aromatic heterocycles. The van der Waals surface area contributed by atoms with Crippen LogP contribution in [0.2, 0.25) is 5.02 Å². The Labute approximate surface area is 123 Å². The van der Waals surface area contributed by atoms with Crippen LogP contribution < -0.4 is 10.2 Å². The van der Waals surface area contributed by atoms with E-state index >= 15 is 0 Å². The molecular weight excluding hydrogens is 272 g/mol. The van der Waals surface area contributed by atoms with Gasteiger partial charge in [0.05, 0.1) is 0 Å². The van der Waals surface area contributed by atoms with Gasteiger partial charge < -0.3 is 10.2 Å². The first-order chi connectivity index (χ1) is 9.70. The number of hydrogen-bond acceptors (Lipinski definition) is 4. The van der Waals surface area contributed by atoms with Crippen LogP contribution in [0, 0.1) is 6.92 Å². The van der Waals surface area contributed by atoms with E-state index in [0.29, 0.717) is 5.95 Å². The van der Waals surface area contributed by atoms with Gasteiger partial charge in [-0.15, -0.1) is 0 Å². The molecule has 1 fully saturated rings. The maximum Gasteiger partial charge on any atom is 0.229 e. The molecule has 1 aliphatic heterocycles. The Balaban J connectivity index is 1.83. The smallest absolute Gasteiger partial charge is 0.229 e. The van der Waals surface area contributed by atoms with E-state index in [1.807, 2.05) is 37.3 Å². The third kappa shape index (κ3) is 3.02. The summed E-state index contributed by atoms with van der Waals surface area (Å²) in [5.41, 5.74) is 1.91. The molecule has 0 amide bonds. The minimum Gasteiger partial charge on any atom is -0.356 e. The van der Waals surface area contributed by atoms with Crippen molar-refractivity contribution >= 4 is 29.1 Å². The minimum absolute atomic E-state index is 0.634. The zero-order chi connectivity index (χ0) is 13.9. The van der Waals surface area contributed by atoms with Gasteiger partial charge in [-0.05, 0) is 44.0 Å². The highest BCUT2D eigenvalue weighted by molar-refractivity contribution is 6.30. The lowest BCUT2D eigenvalue weighted by molar-refractivity contribution is 0.923. The van der Waals surface area contributed by atoms with Crippen molar-refractivity contribution in [1.29, 1.82) is 0 Å². The van der Waals surface area contributed by atoms with Gasteiger partial charge in [-0.3, -0.25) is 0 Å². The van der Waals surface area contributed by atoms with Gasteiger partial charge >= 0.3 is 0 Å². The molecule has 2 heterocycles. The summed E-state index contributed by atoms with van der Waals surface area (Å²) >= 11 is 5.89. The standard InChI is InChI=1S/C15H17ClN4/c1-11-10-14(20-8-2-3-9-20)19-15(17-11)18-13-6-4-12(16)5-7-13/h4-7,10H,2-3,8-9H2,1H3,(H,17,18,19). The summed E-state index contributed by atoms with van der Waals surface area (Å²) in [6.07, 6.45) is 2.48. The number of aromatic nitrogens is 2. The summed E-state index contributed by atoms with van der Waals surface area (Å²) in [7, 11) is 0. The molecule has 2 aromatic rings. The summed E-state index contributed by atoms with van der Waals surface area (Å²) in [4.78, 5) is 11.4. The van der Waals surface area contributed by atoms with Gasteiger partial charge in [-0.25, -0.2) is 4.98 Å². The maximum absolute atomic E-state index is 5.89. The van der Waals surface area contributed by atoms with E-state index in [9.17, 15) is 0 Å². The Morgan fingerprint density at radius 3 is 2.50 bits per heavy atom. The van der Waals surface area contributed by atoms with Crippen molar-refractivity contribution in [3.05, 3.63) is 41.0 Å². The second kappa shape index (κ2) is 5.67. The molecular formula is C15H17ClN4. The Bertz CT molecular complexity index is 591. The Kier molecular flexibility index (Phi) is 3.74. The van der Waals surface area contributed by atoms with Crippen molar-refractivity contribution in [3.63, 3.8) is 0 Å². The Hall–Kier alpha value is -1.81. The molecule has 20 heavy (non-hydrogen) atoms. The lowest BCUT2D eigenvalue weighted by Gasteiger charge is -2.17. The first-order valence-electron chi connectivity index (χ1n) is 6.84. The van der Waals surface area contributed by atoms with E-state index in [4.69, 9.17) is 11.6 Å². The molecule has 1 N–H and O–H groups in total. The van der Waals surface area contributed by atoms with Crippen molar-refractivity contribution in [2.45, 2.75) is 19.8 Å². The quantitative estimate of drug-likeness (QED) is 0.933. The van der Waals surface area contributed by atoms with Crippen molar-refractivity contribution < 1.29 is 0 Å². The molecule has 5 heteroatoms. The molecule has 1 aromatic carbocycles. The fourth-order valence-corrected chi connectivity index (χ4v) is 2.50.